The fraction of sp³-hybridized carbons (Fsp3) is 0.600. The topological polar surface area (TPSA) is 58.7 Å². The van der Waals surface area contributed by atoms with E-state index in [2.05, 4.69) is 24.8 Å². The minimum atomic E-state index is -0.0958. The summed E-state index contributed by atoms with van der Waals surface area (Å²) in [5.74, 6) is 0.821. The summed E-state index contributed by atoms with van der Waals surface area (Å²) in [6.45, 7) is 7.25. The maximum atomic E-state index is 9.05. The first-order chi connectivity index (χ1) is 9.02. The Labute approximate surface area is 116 Å². The Morgan fingerprint density at radius 2 is 2.00 bits per heavy atom. The highest BCUT2D eigenvalue weighted by Crippen LogP contribution is 2.34. The second kappa shape index (κ2) is 7.36. The molecule has 0 saturated heterocycles. The second-order valence-electron chi connectivity index (χ2n) is 5.05. The highest BCUT2D eigenvalue weighted by molar-refractivity contribution is 5.61. The third-order valence-electron chi connectivity index (χ3n) is 3.21. The molecule has 108 valence electrons. The minimum Gasteiger partial charge on any atom is -0.496 e. The van der Waals surface area contributed by atoms with E-state index in [-0.39, 0.29) is 12.6 Å². The fourth-order valence-electron chi connectivity index (χ4n) is 2.32. The molecule has 0 heterocycles. The van der Waals surface area contributed by atoms with Crippen LogP contribution in [0.3, 0.4) is 0 Å². The summed E-state index contributed by atoms with van der Waals surface area (Å²) < 4.78 is 5.43. The van der Waals surface area contributed by atoms with Crippen molar-refractivity contribution in [1.82, 2.24) is 0 Å². The van der Waals surface area contributed by atoms with Crippen molar-refractivity contribution in [3.05, 3.63) is 23.8 Å². The van der Waals surface area contributed by atoms with Crippen LogP contribution < -0.4 is 15.4 Å². The number of anilines is 1. The van der Waals surface area contributed by atoms with Gasteiger partial charge in [0, 0.05) is 36.5 Å². The zero-order valence-corrected chi connectivity index (χ0v) is 12.4. The van der Waals surface area contributed by atoms with Crippen LogP contribution in [0.4, 0.5) is 5.69 Å². The number of rotatable bonds is 7. The maximum absolute atomic E-state index is 9.05. The van der Waals surface area contributed by atoms with E-state index in [0.29, 0.717) is 6.04 Å². The van der Waals surface area contributed by atoms with Crippen LogP contribution in [-0.4, -0.2) is 31.4 Å². The van der Waals surface area contributed by atoms with E-state index in [0.717, 1.165) is 30.0 Å². The van der Waals surface area contributed by atoms with Crippen molar-refractivity contribution in [3.8, 4) is 5.75 Å². The van der Waals surface area contributed by atoms with E-state index in [1.807, 2.05) is 19.1 Å². The zero-order valence-electron chi connectivity index (χ0n) is 12.4. The van der Waals surface area contributed by atoms with Crippen LogP contribution in [0.25, 0.3) is 0 Å². The van der Waals surface area contributed by atoms with Crippen LogP contribution in [0, 0.1) is 0 Å². The molecular weight excluding hydrogens is 240 g/mol. The number of ether oxygens (including phenoxy) is 1. The summed E-state index contributed by atoms with van der Waals surface area (Å²) in [6.07, 6.45) is 0.744. The van der Waals surface area contributed by atoms with E-state index in [1.54, 1.807) is 7.11 Å². The molecule has 0 amide bonds. The van der Waals surface area contributed by atoms with E-state index >= 15 is 0 Å². The van der Waals surface area contributed by atoms with Gasteiger partial charge in [0.25, 0.3) is 0 Å². The molecule has 4 nitrogen and oxygen atoms in total. The van der Waals surface area contributed by atoms with Crippen molar-refractivity contribution < 1.29 is 9.84 Å². The lowest BCUT2D eigenvalue weighted by Crippen LogP contribution is -2.33. The Balaban J connectivity index is 3.21. The van der Waals surface area contributed by atoms with Crippen LogP contribution in [0.5, 0.6) is 5.75 Å². The van der Waals surface area contributed by atoms with Gasteiger partial charge in [-0.2, -0.15) is 0 Å². The van der Waals surface area contributed by atoms with Crippen molar-refractivity contribution in [2.45, 2.75) is 39.3 Å². The van der Waals surface area contributed by atoms with Crippen molar-refractivity contribution in [2.24, 2.45) is 5.73 Å². The lowest BCUT2D eigenvalue weighted by Gasteiger charge is -2.32. The molecule has 1 atom stereocenters. The molecule has 0 aliphatic heterocycles. The normalized spacial score (nSPS) is 12.6. The largest absolute Gasteiger partial charge is 0.496 e. The van der Waals surface area contributed by atoms with Crippen LogP contribution in [0.2, 0.25) is 0 Å². The molecule has 0 aliphatic carbocycles. The first-order valence-corrected chi connectivity index (χ1v) is 6.82. The van der Waals surface area contributed by atoms with Gasteiger partial charge in [-0.15, -0.1) is 0 Å². The molecule has 0 aliphatic rings. The number of benzene rings is 1. The van der Waals surface area contributed by atoms with E-state index in [1.165, 1.54) is 0 Å². The standard InChI is InChI=1S/C15H26N2O2/c1-11(2)17(9-6-10-18)13-7-5-8-14(19-4)15(13)12(3)16/h5,7-8,11-12,18H,6,9-10,16H2,1-4H3. The van der Waals surface area contributed by atoms with Gasteiger partial charge in [-0.05, 0) is 39.3 Å². The van der Waals surface area contributed by atoms with Crippen molar-refractivity contribution in [1.29, 1.82) is 0 Å². The number of nitrogens with two attached hydrogens (primary N) is 1. The highest BCUT2D eigenvalue weighted by atomic mass is 16.5. The first kappa shape index (κ1) is 15.8. The molecule has 0 fully saturated rings. The van der Waals surface area contributed by atoms with Gasteiger partial charge in [0.2, 0.25) is 0 Å². The van der Waals surface area contributed by atoms with Gasteiger partial charge < -0.3 is 20.5 Å². The number of hydrogen-bond donors (Lipinski definition) is 2. The molecular formula is C15H26N2O2. The van der Waals surface area contributed by atoms with Crippen LogP contribution >= 0.6 is 0 Å². The predicted octanol–water partition coefficient (Wildman–Crippen LogP) is 2.31. The summed E-state index contributed by atoms with van der Waals surface area (Å²) in [4.78, 5) is 2.26. The van der Waals surface area contributed by atoms with Crippen molar-refractivity contribution >= 4 is 5.69 Å². The number of nitrogens with zero attached hydrogens (tertiary/aromatic N) is 1. The Kier molecular flexibility index (Phi) is 6.12. The van der Waals surface area contributed by atoms with Gasteiger partial charge in [-0.1, -0.05) is 6.07 Å². The van der Waals surface area contributed by atoms with Crippen LogP contribution in [-0.2, 0) is 0 Å². The molecule has 1 rings (SSSR count). The predicted molar refractivity (Wildman–Crippen MR) is 79.8 cm³/mol. The van der Waals surface area contributed by atoms with E-state index in [4.69, 9.17) is 15.6 Å². The van der Waals surface area contributed by atoms with Crippen molar-refractivity contribution in [2.75, 3.05) is 25.2 Å². The van der Waals surface area contributed by atoms with Gasteiger partial charge >= 0.3 is 0 Å². The monoisotopic (exact) mass is 266 g/mol. The zero-order chi connectivity index (χ0) is 14.4. The van der Waals surface area contributed by atoms with Gasteiger partial charge in [-0.25, -0.2) is 0 Å². The van der Waals surface area contributed by atoms with Gasteiger partial charge in [0.05, 0.1) is 7.11 Å². The van der Waals surface area contributed by atoms with Crippen LogP contribution in [0.1, 0.15) is 38.8 Å². The summed E-state index contributed by atoms with van der Waals surface area (Å²) >= 11 is 0. The molecule has 0 saturated carbocycles. The Hall–Kier alpha value is -1.26. The average Bonchev–Trinajstić information content (AvgIpc) is 2.38. The summed E-state index contributed by atoms with van der Waals surface area (Å²) in [5.41, 5.74) is 8.22. The number of methoxy groups -OCH3 is 1. The van der Waals surface area contributed by atoms with Crippen LogP contribution in [0.15, 0.2) is 18.2 Å². The summed E-state index contributed by atoms with van der Waals surface area (Å²) in [5, 5.41) is 9.05. The lowest BCUT2D eigenvalue weighted by molar-refractivity contribution is 0.288. The third kappa shape index (κ3) is 3.85. The summed E-state index contributed by atoms with van der Waals surface area (Å²) in [7, 11) is 1.67. The maximum Gasteiger partial charge on any atom is 0.125 e. The molecule has 1 aromatic carbocycles. The smallest absolute Gasteiger partial charge is 0.125 e. The molecule has 0 radical (unpaired) electrons. The summed E-state index contributed by atoms with van der Waals surface area (Å²) in [6, 6.07) is 6.23. The third-order valence-corrected chi connectivity index (χ3v) is 3.21. The lowest BCUT2D eigenvalue weighted by atomic mass is 10.0. The first-order valence-electron chi connectivity index (χ1n) is 6.82. The van der Waals surface area contributed by atoms with Crippen molar-refractivity contribution in [3.63, 3.8) is 0 Å². The van der Waals surface area contributed by atoms with Gasteiger partial charge in [0.1, 0.15) is 5.75 Å². The molecule has 0 aromatic heterocycles. The second-order valence-corrected chi connectivity index (χ2v) is 5.05. The fourth-order valence-corrected chi connectivity index (χ4v) is 2.32. The van der Waals surface area contributed by atoms with E-state index < -0.39 is 0 Å². The number of hydrogen-bond acceptors (Lipinski definition) is 4. The average molecular weight is 266 g/mol. The quantitative estimate of drug-likeness (QED) is 0.795. The Bertz CT molecular complexity index is 392. The molecule has 0 bridgehead atoms. The minimum absolute atomic E-state index is 0.0958. The molecule has 3 N–H and O–H groups in total. The van der Waals surface area contributed by atoms with E-state index in [9.17, 15) is 0 Å². The number of aliphatic hydroxyl groups excluding tert-OH is 1. The molecule has 1 aromatic rings. The van der Waals surface area contributed by atoms with Gasteiger partial charge in [0.15, 0.2) is 0 Å². The van der Waals surface area contributed by atoms with Gasteiger partial charge in [-0.3, -0.25) is 0 Å². The Morgan fingerprint density at radius 1 is 1.32 bits per heavy atom. The molecule has 4 heteroatoms. The number of aliphatic hydroxyl groups is 1. The Morgan fingerprint density at radius 3 is 2.47 bits per heavy atom. The SMILES string of the molecule is COc1cccc(N(CCCO)C(C)C)c1C(C)N. The molecule has 19 heavy (non-hydrogen) atoms. The molecule has 0 spiro atoms. The molecule has 1 unspecified atom stereocenters. The highest BCUT2D eigenvalue weighted by Gasteiger charge is 2.19.